The number of aryl methyl sites for hydroxylation is 1. The first-order valence-corrected chi connectivity index (χ1v) is 6.95. The maximum Gasteiger partial charge on any atom is 0.166 e. The number of benzene rings is 1. The minimum Gasteiger partial charge on any atom is -0.381 e. The average molecular weight is 246 g/mol. The van der Waals surface area contributed by atoms with E-state index in [1.807, 2.05) is 31.2 Å². The van der Waals surface area contributed by atoms with Crippen LogP contribution in [0.3, 0.4) is 0 Å². The molecule has 1 fully saturated rings. The second-order valence-corrected chi connectivity index (χ2v) is 5.43. The first-order chi connectivity index (χ1) is 8.68. The van der Waals surface area contributed by atoms with Gasteiger partial charge in [-0.15, -0.1) is 0 Å². The van der Waals surface area contributed by atoms with E-state index >= 15 is 0 Å². The number of hydrogen-bond donors (Lipinski definition) is 1. The minimum atomic E-state index is -0.937. The van der Waals surface area contributed by atoms with Crippen LogP contribution in [-0.4, -0.2) is 10.9 Å². The van der Waals surface area contributed by atoms with Crippen LogP contribution in [0.4, 0.5) is 0 Å². The van der Waals surface area contributed by atoms with Crippen molar-refractivity contribution in [2.45, 2.75) is 51.6 Å². The fraction of sp³-hybridized carbons (Fsp3) is 0.562. The van der Waals surface area contributed by atoms with Crippen molar-refractivity contribution in [2.24, 2.45) is 5.92 Å². The van der Waals surface area contributed by atoms with Gasteiger partial charge in [0.25, 0.3) is 0 Å². The quantitative estimate of drug-likeness (QED) is 0.881. The molecule has 0 aliphatic heterocycles. The molecular weight excluding hydrogens is 224 g/mol. The third kappa shape index (κ3) is 3.20. The Morgan fingerprint density at radius 1 is 1.28 bits per heavy atom. The largest absolute Gasteiger partial charge is 0.381 e. The van der Waals surface area contributed by atoms with E-state index in [1.165, 1.54) is 19.3 Å². The van der Waals surface area contributed by atoms with E-state index in [1.54, 1.807) is 0 Å². The highest BCUT2D eigenvalue weighted by molar-refractivity contribution is 5.84. The summed E-state index contributed by atoms with van der Waals surface area (Å²) in [4.78, 5) is 12.1. The molecule has 1 aliphatic rings. The van der Waals surface area contributed by atoms with Gasteiger partial charge in [-0.1, -0.05) is 56.4 Å². The van der Waals surface area contributed by atoms with Crippen LogP contribution in [0.5, 0.6) is 0 Å². The summed E-state index contributed by atoms with van der Waals surface area (Å²) in [6, 6.07) is 7.59. The van der Waals surface area contributed by atoms with Gasteiger partial charge >= 0.3 is 0 Å². The molecule has 0 saturated heterocycles. The summed E-state index contributed by atoms with van der Waals surface area (Å²) in [5.74, 6) is 0.473. The lowest BCUT2D eigenvalue weighted by atomic mass is 9.84. The van der Waals surface area contributed by atoms with E-state index < -0.39 is 6.10 Å². The maximum atomic E-state index is 12.1. The smallest absolute Gasteiger partial charge is 0.166 e. The topological polar surface area (TPSA) is 37.3 Å². The Balaban J connectivity index is 1.98. The number of ketones is 1. The molecule has 1 N–H and O–H groups in total. The summed E-state index contributed by atoms with van der Waals surface area (Å²) >= 11 is 0. The van der Waals surface area contributed by atoms with Crippen LogP contribution in [0.2, 0.25) is 0 Å². The van der Waals surface area contributed by atoms with Crippen molar-refractivity contribution >= 4 is 5.78 Å². The third-order valence-electron chi connectivity index (χ3n) is 4.00. The Labute approximate surface area is 109 Å². The molecule has 0 heterocycles. The SMILES string of the molecule is Cc1ccccc1C(O)C(=O)CC1CCCCC1. The number of hydrogen-bond acceptors (Lipinski definition) is 2. The van der Waals surface area contributed by atoms with E-state index in [0.29, 0.717) is 12.3 Å². The molecule has 1 aromatic carbocycles. The van der Waals surface area contributed by atoms with Gasteiger partial charge in [0.05, 0.1) is 0 Å². The highest BCUT2D eigenvalue weighted by atomic mass is 16.3. The van der Waals surface area contributed by atoms with E-state index in [-0.39, 0.29) is 5.78 Å². The summed E-state index contributed by atoms with van der Waals surface area (Å²) in [5.41, 5.74) is 1.75. The molecule has 2 heteroatoms. The monoisotopic (exact) mass is 246 g/mol. The van der Waals surface area contributed by atoms with Crippen LogP contribution in [0.1, 0.15) is 55.8 Å². The van der Waals surface area contributed by atoms with Gasteiger partial charge in [0.15, 0.2) is 5.78 Å². The van der Waals surface area contributed by atoms with Gasteiger partial charge in [-0.25, -0.2) is 0 Å². The van der Waals surface area contributed by atoms with Crippen LogP contribution in [0, 0.1) is 12.8 Å². The lowest BCUT2D eigenvalue weighted by Gasteiger charge is -2.22. The predicted octanol–water partition coefficient (Wildman–Crippen LogP) is 3.57. The molecule has 0 spiro atoms. The highest BCUT2D eigenvalue weighted by Crippen LogP contribution is 2.29. The lowest BCUT2D eigenvalue weighted by molar-refractivity contribution is -0.128. The Bertz CT molecular complexity index is 405. The molecule has 0 aromatic heterocycles. The van der Waals surface area contributed by atoms with Gasteiger partial charge in [0.2, 0.25) is 0 Å². The molecule has 98 valence electrons. The molecule has 2 rings (SSSR count). The van der Waals surface area contributed by atoms with Crippen molar-refractivity contribution < 1.29 is 9.90 Å². The van der Waals surface area contributed by atoms with Crippen molar-refractivity contribution in [3.8, 4) is 0 Å². The van der Waals surface area contributed by atoms with E-state index in [9.17, 15) is 9.90 Å². The molecule has 1 saturated carbocycles. The van der Waals surface area contributed by atoms with E-state index in [2.05, 4.69) is 0 Å². The summed E-state index contributed by atoms with van der Waals surface area (Å²) in [7, 11) is 0. The van der Waals surface area contributed by atoms with Crippen molar-refractivity contribution in [3.05, 3.63) is 35.4 Å². The van der Waals surface area contributed by atoms with Crippen molar-refractivity contribution in [2.75, 3.05) is 0 Å². The standard InChI is InChI=1S/C16H22O2/c1-12-7-5-6-10-14(12)16(18)15(17)11-13-8-3-2-4-9-13/h5-7,10,13,16,18H,2-4,8-9,11H2,1H3. The number of aliphatic hydroxyl groups is 1. The van der Waals surface area contributed by atoms with Crippen LogP contribution in [0.15, 0.2) is 24.3 Å². The van der Waals surface area contributed by atoms with Crippen LogP contribution in [0.25, 0.3) is 0 Å². The molecule has 1 unspecified atom stereocenters. The molecular formula is C16H22O2. The molecule has 0 radical (unpaired) electrons. The summed E-state index contributed by atoms with van der Waals surface area (Å²) < 4.78 is 0. The molecule has 2 nitrogen and oxygen atoms in total. The van der Waals surface area contributed by atoms with Gasteiger partial charge in [-0.3, -0.25) is 4.79 Å². The van der Waals surface area contributed by atoms with E-state index in [4.69, 9.17) is 0 Å². The van der Waals surface area contributed by atoms with Crippen LogP contribution < -0.4 is 0 Å². The third-order valence-corrected chi connectivity index (χ3v) is 4.00. The fourth-order valence-electron chi connectivity index (χ4n) is 2.85. The lowest BCUT2D eigenvalue weighted by Crippen LogP contribution is -2.18. The van der Waals surface area contributed by atoms with Gasteiger partial charge in [-0.2, -0.15) is 0 Å². The highest BCUT2D eigenvalue weighted by Gasteiger charge is 2.23. The normalized spacial score (nSPS) is 18.6. The fourth-order valence-corrected chi connectivity index (χ4v) is 2.85. The Morgan fingerprint density at radius 3 is 2.61 bits per heavy atom. The Kier molecular flexibility index (Phi) is 4.54. The van der Waals surface area contributed by atoms with Gasteiger partial charge < -0.3 is 5.11 Å². The van der Waals surface area contributed by atoms with Gasteiger partial charge in [0.1, 0.15) is 6.10 Å². The zero-order valence-corrected chi connectivity index (χ0v) is 11.1. The number of carbonyl (C=O) groups is 1. The minimum absolute atomic E-state index is 0.0174. The molecule has 18 heavy (non-hydrogen) atoms. The number of aliphatic hydroxyl groups excluding tert-OH is 1. The van der Waals surface area contributed by atoms with Gasteiger partial charge in [-0.05, 0) is 24.0 Å². The van der Waals surface area contributed by atoms with Gasteiger partial charge in [0, 0.05) is 6.42 Å². The van der Waals surface area contributed by atoms with Crippen LogP contribution in [-0.2, 0) is 4.79 Å². The Hall–Kier alpha value is -1.15. The molecule has 0 amide bonds. The maximum absolute atomic E-state index is 12.1. The van der Waals surface area contributed by atoms with E-state index in [0.717, 1.165) is 24.0 Å². The molecule has 1 atom stereocenters. The molecule has 0 bridgehead atoms. The predicted molar refractivity (Wildman–Crippen MR) is 72.3 cm³/mol. The zero-order valence-electron chi connectivity index (χ0n) is 11.1. The summed E-state index contributed by atoms with van der Waals surface area (Å²) in [6.07, 6.45) is 5.66. The molecule has 1 aliphatic carbocycles. The second kappa shape index (κ2) is 6.14. The molecule has 1 aromatic rings. The van der Waals surface area contributed by atoms with Crippen LogP contribution >= 0.6 is 0 Å². The average Bonchev–Trinajstić information content (AvgIpc) is 2.39. The first-order valence-electron chi connectivity index (χ1n) is 6.95. The number of carbonyl (C=O) groups excluding carboxylic acids is 1. The van der Waals surface area contributed by atoms with Crippen molar-refractivity contribution in [1.82, 2.24) is 0 Å². The Morgan fingerprint density at radius 2 is 1.94 bits per heavy atom. The zero-order chi connectivity index (χ0) is 13.0. The first kappa shape index (κ1) is 13.3. The summed E-state index contributed by atoms with van der Waals surface area (Å²) in [6.45, 7) is 1.94. The second-order valence-electron chi connectivity index (χ2n) is 5.43. The number of Topliss-reactive ketones (excluding diaryl/α,β-unsaturated/α-hetero) is 1. The van der Waals surface area contributed by atoms with Crippen molar-refractivity contribution in [1.29, 1.82) is 0 Å². The van der Waals surface area contributed by atoms with Crippen molar-refractivity contribution in [3.63, 3.8) is 0 Å². The summed E-state index contributed by atoms with van der Waals surface area (Å²) in [5, 5.41) is 10.2. The number of rotatable bonds is 4.